The highest BCUT2D eigenvalue weighted by molar-refractivity contribution is 6.34. The molecule has 3 aromatic rings. The van der Waals surface area contributed by atoms with Gasteiger partial charge in [-0.1, -0.05) is 35.4 Å². The van der Waals surface area contributed by atoms with Gasteiger partial charge in [0.2, 0.25) is 5.71 Å². The molecule has 0 amide bonds. The van der Waals surface area contributed by atoms with Crippen LogP contribution in [0.2, 0.25) is 5.15 Å². The molecule has 0 atom stereocenters. The van der Waals surface area contributed by atoms with Gasteiger partial charge in [-0.2, -0.15) is 4.98 Å². The van der Waals surface area contributed by atoms with E-state index in [2.05, 4.69) is 9.97 Å². The summed E-state index contributed by atoms with van der Waals surface area (Å²) < 4.78 is 5.51. The lowest BCUT2D eigenvalue weighted by molar-refractivity contribution is 0.567. The first-order chi connectivity index (χ1) is 8.63. The molecule has 2 heterocycles. The van der Waals surface area contributed by atoms with E-state index in [1.807, 2.05) is 44.2 Å². The molecule has 0 saturated carbocycles. The summed E-state index contributed by atoms with van der Waals surface area (Å²) in [6, 6.07) is 9.82. The third-order valence-electron chi connectivity index (χ3n) is 2.75. The van der Waals surface area contributed by atoms with Gasteiger partial charge in [0.1, 0.15) is 10.9 Å². The lowest BCUT2D eigenvalue weighted by Gasteiger charge is -2.02. The summed E-state index contributed by atoms with van der Waals surface area (Å²) in [6.45, 7) is 3.89. The summed E-state index contributed by atoms with van der Waals surface area (Å²) in [5.41, 5.74) is 2.62. The van der Waals surface area contributed by atoms with E-state index >= 15 is 0 Å². The Bertz CT molecular complexity index is 734. The van der Waals surface area contributed by atoms with Crippen LogP contribution in [0.1, 0.15) is 11.3 Å². The van der Waals surface area contributed by atoms with E-state index < -0.39 is 0 Å². The van der Waals surface area contributed by atoms with Crippen LogP contribution in [0.4, 0.5) is 0 Å². The highest BCUT2D eigenvalue weighted by atomic mass is 35.5. The predicted octanol–water partition coefficient (Wildman–Crippen LogP) is 4.16. The number of hydrogen-bond acceptors (Lipinski definition) is 3. The van der Waals surface area contributed by atoms with Crippen LogP contribution in [-0.2, 0) is 0 Å². The molecule has 2 aromatic heterocycles. The van der Waals surface area contributed by atoms with Crippen LogP contribution in [0, 0.1) is 13.8 Å². The van der Waals surface area contributed by atoms with E-state index in [-0.39, 0.29) is 0 Å². The Morgan fingerprint density at radius 2 is 1.94 bits per heavy atom. The Kier molecular flexibility index (Phi) is 2.56. The SMILES string of the molecule is Cc1cccc(-c2nc(Cl)c3cc(C)oc3n2)c1. The Labute approximate surface area is 109 Å². The topological polar surface area (TPSA) is 38.9 Å². The van der Waals surface area contributed by atoms with Crippen LogP contribution < -0.4 is 0 Å². The summed E-state index contributed by atoms with van der Waals surface area (Å²) in [7, 11) is 0. The van der Waals surface area contributed by atoms with Crippen molar-refractivity contribution in [1.29, 1.82) is 0 Å². The van der Waals surface area contributed by atoms with E-state index in [4.69, 9.17) is 16.0 Å². The van der Waals surface area contributed by atoms with Gasteiger partial charge in [0.15, 0.2) is 5.82 Å². The minimum atomic E-state index is 0.424. The van der Waals surface area contributed by atoms with Crippen molar-refractivity contribution in [2.45, 2.75) is 13.8 Å². The number of benzene rings is 1. The number of halogens is 1. The first-order valence-corrected chi connectivity index (χ1v) is 6.02. The largest absolute Gasteiger partial charge is 0.443 e. The summed E-state index contributed by atoms with van der Waals surface area (Å²) in [4.78, 5) is 8.73. The van der Waals surface area contributed by atoms with E-state index in [1.165, 1.54) is 0 Å². The highest BCUT2D eigenvalue weighted by Gasteiger charge is 2.11. The molecule has 0 spiro atoms. The van der Waals surface area contributed by atoms with Crippen molar-refractivity contribution in [1.82, 2.24) is 9.97 Å². The first kappa shape index (κ1) is 11.2. The van der Waals surface area contributed by atoms with Crippen molar-refractivity contribution in [3.8, 4) is 11.4 Å². The molecule has 3 rings (SSSR count). The Hall–Kier alpha value is -1.87. The zero-order valence-electron chi connectivity index (χ0n) is 10.1. The fourth-order valence-corrected chi connectivity index (χ4v) is 2.14. The number of aryl methyl sites for hydroxylation is 2. The van der Waals surface area contributed by atoms with Gasteiger partial charge in [0.05, 0.1) is 5.39 Å². The van der Waals surface area contributed by atoms with E-state index in [1.54, 1.807) is 0 Å². The molecule has 0 saturated heterocycles. The molecule has 90 valence electrons. The Balaban J connectivity index is 2.24. The van der Waals surface area contributed by atoms with Gasteiger partial charge in [-0.05, 0) is 26.0 Å². The second kappa shape index (κ2) is 4.10. The first-order valence-electron chi connectivity index (χ1n) is 5.64. The number of nitrogens with zero attached hydrogens (tertiary/aromatic N) is 2. The molecule has 0 aliphatic carbocycles. The van der Waals surface area contributed by atoms with Crippen LogP contribution in [0.5, 0.6) is 0 Å². The fourth-order valence-electron chi connectivity index (χ4n) is 1.92. The van der Waals surface area contributed by atoms with Gasteiger partial charge >= 0.3 is 0 Å². The second-order valence-corrected chi connectivity index (χ2v) is 4.64. The summed E-state index contributed by atoms with van der Waals surface area (Å²) in [5, 5.41) is 1.18. The molecule has 0 aliphatic rings. The van der Waals surface area contributed by atoms with Crippen LogP contribution in [0.3, 0.4) is 0 Å². The van der Waals surface area contributed by atoms with E-state index in [0.717, 1.165) is 22.3 Å². The number of furan rings is 1. The monoisotopic (exact) mass is 258 g/mol. The van der Waals surface area contributed by atoms with Crippen molar-refractivity contribution in [2.75, 3.05) is 0 Å². The van der Waals surface area contributed by atoms with Crippen LogP contribution in [0.25, 0.3) is 22.5 Å². The number of fused-ring (bicyclic) bond motifs is 1. The summed E-state index contributed by atoms with van der Waals surface area (Å²) in [6.07, 6.45) is 0. The molecule has 18 heavy (non-hydrogen) atoms. The smallest absolute Gasteiger partial charge is 0.231 e. The average molecular weight is 259 g/mol. The second-order valence-electron chi connectivity index (χ2n) is 4.28. The van der Waals surface area contributed by atoms with Crippen molar-refractivity contribution in [3.63, 3.8) is 0 Å². The van der Waals surface area contributed by atoms with Gasteiger partial charge < -0.3 is 4.42 Å². The number of aromatic nitrogens is 2. The third-order valence-corrected chi connectivity index (χ3v) is 3.03. The molecular formula is C14H11ClN2O. The van der Waals surface area contributed by atoms with Crippen LogP contribution in [0.15, 0.2) is 34.7 Å². The molecule has 0 aliphatic heterocycles. The fraction of sp³-hybridized carbons (Fsp3) is 0.143. The Morgan fingerprint density at radius 3 is 2.72 bits per heavy atom. The number of hydrogen-bond donors (Lipinski definition) is 0. The molecule has 3 nitrogen and oxygen atoms in total. The zero-order valence-corrected chi connectivity index (χ0v) is 10.8. The van der Waals surface area contributed by atoms with E-state index in [0.29, 0.717) is 16.7 Å². The van der Waals surface area contributed by atoms with Gasteiger partial charge in [-0.3, -0.25) is 0 Å². The lowest BCUT2D eigenvalue weighted by atomic mass is 10.1. The van der Waals surface area contributed by atoms with Crippen LogP contribution >= 0.6 is 11.6 Å². The summed E-state index contributed by atoms with van der Waals surface area (Å²) in [5.74, 6) is 1.37. The minimum absolute atomic E-state index is 0.424. The predicted molar refractivity (Wildman–Crippen MR) is 71.7 cm³/mol. The third kappa shape index (κ3) is 1.87. The molecule has 0 radical (unpaired) electrons. The normalized spacial score (nSPS) is 11.1. The molecule has 0 unspecified atom stereocenters. The maximum Gasteiger partial charge on any atom is 0.231 e. The van der Waals surface area contributed by atoms with Gasteiger partial charge in [0, 0.05) is 5.56 Å². The molecule has 0 fully saturated rings. The van der Waals surface area contributed by atoms with Crippen molar-refractivity contribution in [2.24, 2.45) is 0 Å². The lowest BCUT2D eigenvalue weighted by Crippen LogP contribution is -1.90. The van der Waals surface area contributed by atoms with E-state index in [9.17, 15) is 0 Å². The van der Waals surface area contributed by atoms with Crippen molar-refractivity contribution in [3.05, 3.63) is 46.8 Å². The molecular weight excluding hydrogens is 248 g/mol. The van der Waals surface area contributed by atoms with Gasteiger partial charge in [-0.25, -0.2) is 4.98 Å². The van der Waals surface area contributed by atoms with Gasteiger partial charge in [-0.15, -0.1) is 0 Å². The molecule has 1 aromatic carbocycles. The minimum Gasteiger partial charge on any atom is -0.443 e. The zero-order chi connectivity index (χ0) is 12.7. The molecule has 0 N–H and O–H groups in total. The Morgan fingerprint density at radius 1 is 1.11 bits per heavy atom. The van der Waals surface area contributed by atoms with Gasteiger partial charge in [0.25, 0.3) is 0 Å². The molecule has 0 bridgehead atoms. The standard InChI is InChI=1S/C14H11ClN2O/c1-8-4-3-5-10(6-8)13-16-12(15)11-7-9(2)18-14(11)17-13/h3-7H,1-2H3. The molecule has 4 heteroatoms. The average Bonchev–Trinajstić information content (AvgIpc) is 2.70. The van der Waals surface area contributed by atoms with Crippen molar-refractivity contribution >= 4 is 22.7 Å². The quantitative estimate of drug-likeness (QED) is 0.615. The summed E-state index contributed by atoms with van der Waals surface area (Å²) >= 11 is 6.15. The number of rotatable bonds is 1. The maximum absolute atomic E-state index is 6.15. The highest BCUT2D eigenvalue weighted by Crippen LogP contribution is 2.27. The van der Waals surface area contributed by atoms with Crippen molar-refractivity contribution < 1.29 is 4.42 Å². The maximum atomic E-state index is 6.15. The van der Waals surface area contributed by atoms with Crippen LogP contribution in [-0.4, -0.2) is 9.97 Å².